The second kappa shape index (κ2) is 16.0. The van der Waals surface area contributed by atoms with Gasteiger partial charge in [0, 0.05) is 37.1 Å². The van der Waals surface area contributed by atoms with Gasteiger partial charge in [-0.2, -0.15) is 0 Å². The topological polar surface area (TPSA) is 217 Å². The zero-order valence-electron chi connectivity index (χ0n) is 25.6. The number of amides is 2. The van der Waals surface area contributed by atoms with Crippen molar-refractivity contribution in [3.8, 4) is 0 Å². The molecule has 0 aliphatic carbocycles. The van der Waals surface area contributed by atoms with Crippen molar-refractivity contribution in [1.29, 1.82) is 0 Å². The van der Waals surface area contributed by atoms with Crippen molar-refractivity contribution in [2.45, 2.75) is 84.6 Å². The minimum absolute atomic E-state index is 0.0583. The number of hydrogen-bond acceptors (Lipinski definition) is 10. The number of nitrogens with zero attached hydrogens (tertiary/aromatic N) is 2. The number of ether oxygens (including phenoxy) is 2. The maximum atomic E-state index is 11.7. The first-order chi connectivity index (χ1) is 20.2. The summed E-state index contributed by atoms with van der Waals surface area (Å²) in [4.78, 5) is 66.7. The summed E-state index contributed by atoms with van der Waals surface area (Å²) < 4.78 is 10.1. The molecule has 0 saturated heterocycles. The Bertz CT molecular complexity index is 1260. The molecule has 2 atom stereocenters. The van der Waals surface area contributed by atoms with Crippen molar-refractivity contribution < 1.29 is 43.6 Å². The van der Waals surface area contributed by atoms with Crippen LogP contribution in [0.5, 0.6) is 0 Å². The van der Waals surface area contributed by atoms with E-state index >= 15 is 0 Å². The summed E-state index contributed by atoms with van der Waals surface area (Å²) in [5.74, 6) is -1.50. The first-order valence-electron chi connectivity index (χ1n) is 13.4. The lowest BCUT2D eigenvalue weighted by molar-refractivity contribution is -0.385. The van der Waals surface area contributed by atoms with E-state index < -0.39 is 51.3 Å². The number of carbonyl (C=O) groups is 4. The molecule has 240 valence electrons. The van der Waals surface area contributed by atoms with Gasteiger partial charge in [-0.15, -0.1) is 0 Å². The fraction of sp³-hybridized carbons (Fsp3) is 0.448. The lowest BCUT2D eigenvalue weighted by Gasteiger charge is -2.22. The highest BCUT2D eigenvalue weighted by Gasteiger charge is 2.25. The molecule has 15 heteroatoms. The Morgan fingerprint density at radius 1 is 0.750 bits per heavy atom. The third kappa shape index (κ3) is 14.7. The van der Waals surface area contributed by atoms with Gasteiger partial charge in [-0.25, -0.2) is 14.4 Å². The van der Waals surface area contributed by atoms with Gasteiger partial charge in [0.05, 0.1) is 15.9 Å². The molecule has 0 unspecified atom stereocenters. The number of hydrogen-bond donors (Lipinski definition) is 3. The first-order valence-corrected chi connectivity index (χ1v) is 13.4. The van der Waals surface area contributed by atoms with Crippen LogP contribution >= 0.6 is 0 Å². The highest BCUT2D eigenvalue weighted by atomic mass is 16.6. The maximum absolute atomic E-state index is 11.7. The van der Waals surface area contributed by atoms with Crippen LogP contribution in [0.4, 0.5) is 21.0 Å². The second-order valence-electron chi connectivity index (χ2n) is 11.6. The molecule has 2 aromatic carbocycles. The Labute approximate surface area is 254 Å². The SMILES string of the molecule is CC(=O)[C@H](Cc1cccc([N+](=O)[O-])c1)NC(=O)OC(C)(C)C.CC(C)(C)OC(=O)N[C@@H](Cc1cccc([N+](=O)[O-])c1)C(=O)O. The second-order valence-corrected chi connectivity index (χ2v) is 11.6. The molecule has 0 bridgehead atoms. The van der Waals surface area contributed by atoms with Gasteiger partial charge >= 0.3 is 18.2 Å². The summed E-state index contributed by atoms with van der Waals surface area (Å²) in [6.45, 7) is 11.5. The van der Waals surface area contributed by atoms with Gasteiger partial charge in [-0.1, -0.05) is 24.3 Å². The Kier molecular flexibility index (Phi) is 13.4. The van der Waals surface area contributed by atoms with E-state index in [4.69, 9.17) is 14.6 Å². The van der Waals surface area contributed by atoms with E-state index in [0.717, 1.165) is 0 Å². The fourth-order valence-corrected chi connectivity index (χ4v) is 3.46. The quantitative estimate of drug-likeness (QED) is 0.244. The number of nitro benzene ring substituents is 2. The molecule has 2 aromatic rings. The van der Waals surface area contributed by atoms with Gasteiger partial charge in [0.2, 0.25) is 0 Å². The third-order valence-corrected chi connectivity index (χ3v) is 5.29. The summed E-state index contributed by atoms with van der Waals surface area (Å²) in [5, 5.41) is 35.3. The molecule has 2 amide bonds. The molecule has 15 nitrogen and oxygen atoms in total. The van der Waals surface area contributed by atoms with Crippen LogP contribution in [-0.4, -0.2) is 62.2 Å². The number of benzene rings is 2. The third-order valence-electron chi connectivity index (χ3n) is 5.29. The molecule has 0 fully saturated rings. The number of nitrogens with one attached hydrogen (secondary N) is 2. The standard InChI is InChI=1S/C15H20N2O5.C14H18N2O6/c1-10(18)13(16-14(19)22-15(2,3)4)9-11-6-5-7-12(8-11)17(20)21;1-14(2,3)22-13(19)15-11(12(17)18)8-9-5-4-6-10(7-9)16(20)21/h5-8,13H,9H2,1-4H3,(H,16,19);4-7,11H,8H2,1-3H3,(H,15,19)(H,17,18)/t13-;11-/m00/s1. The number of non-ortho nitro benzene ring substituents is 2. The molecular formula is C29H38N4O11. The van der Waals surface area contributed by atoms with Gasteiger partial charge in [-0.3, -0.25) is 25.0 Å². The van der Waals surface area contributed by atoms with E-state index in [2.05, 4.69) is 10.6 Å². The summed E-state index contributed by atoms with van der Waals surface area (Å²) in [7, 11) is 0. The Balaban J connectivity index is 0.000000440. The minimum atomic E-state index is -1.25. The lowest BCUT2D eigenvalue weighted by Crippen LogP contribution is -2.44. The molecule has 0 heterocycles. The van der Waals surface area contributed by atoms with Gasteiger partial charge < -0.3 is 25.2 Å². The number of Topliss-reactive ketones (excluding diaryl/α,β-unsaturated/α-hetero) is 1. The number of carbonyl (C=O) groups excluding carboxylic acids is 3. The van der Waals surface area contributed by atoms with Gasteiger partial charge in [0.15, 0.2) is 5.78 Å². The lowest BCUT2D eigenvalue weighted by atomic mass is 10.0. The van der Waals surface area contributed by atoms with Crippen LogP contribution in [0.25, 0.3) is 0 Å². The predicted molar refractivity (Wildman–Crippen MR) is 158 cm³/mol. The van der Waals surface area contributed by atoms with E-state index in [1.165, 1.54) is 43.3 Å². The fourth-order valence-electron chi connectivity index (χ4n) is 3.46. The number of nitro groups is 2. The predicted octanol–water partition coefficient (Wildman–Crippen LogP) is 4.73. The van der Waals surface area contributed by atoms with Gasteiger partial charge in [0.25, 0.3) is 11.4 Å². The van der Waals surface area contributed by atoms with Gasteiger partial charge in [-0.05, 0) is 59.6 Å². The average molecular weight is 619 g/mol. The normalized spacial score (nSPS) is 12.3. The Morgan fingerprint density at radius 3 is 1.43 bits per heavy atom. The molecule has 0 aliphatic heterocycles. The van der Waals surface area contributed by atoms with E-state index in [1.807, 2.05) is 0 Å². The maximum Gasteiger partial charge on any atom is 0.408 e. The summed E-state index contributed by atoms with van der Waals surface area (Å²) in [6, 6.07) is 9.51. The van der Waals surface area contributed by atoms with Crippen LogP contribution in [0.15, 0.2) is 48.5 Å². The minimum Gasteiger partial charge on any atom is -0.480 e. The molecule has 3 N–H and O–H groups in total. The molecule has 0 radical (unpaired) electrons. The number of alkyl carbamates (subject to hydrolysis) is 2. The number of carboxylic acid groups (broad SMARTS) is 1. The van der Waals surface area contributed by atoms with Crippen LogP contribution in [0.3, 0.4) is 0 Å². The van der Waals surface area contributed by atoms with E-state index in [9.17, 15) is 39.4 Å². The average Bonchev–Trinajstić information content (AvgIpc) is 2.86. The highest BCUT2D eigenvalue weighted by molar-refractivity contribution is 5.85. The highest BCUT2D eigenvalue weighted by Crippen LogP contribution is 2.16. The smallest absolute Gasteiger partial charge is 0.408 e. The molecule has 2 rings (SSSR count). The molecule has 0 aromatic heterocycles. The van der Waals surface area contributed by atoms with Gasteiger partial charge in [0.1, 0.15) is 17.2 Å². The Hall–Kier alpha value is -5.08. The number of carboxylic acids is 1. The van der Waals surface area contributed by atoms with Crippen LogP contribution in [0.2, 0.25) is 0 Å². The van der Waals surface area contributed by atoms with Crippen LogP contribution in [-0.2, 0) is 31.9 Å². The molecule has 0 spiro atoms. The zero-order chi connectivity index (χ0) is 33.8. The summed E-state index contributed by atoms with van der Waals surface area (Å²) in [6.07, 6.45) is -1.48. The number of aliphatic carboxylic acids is 1. The zero-order valence-corrected chi connectivity index (χ0v) is 25.6. The van der Waals surface area contributed by atoms with Crippen LogP contribution in [0.1, 0.15) is 59.6 Å². The van der Waals surface area contributed by atoms with Crippen molar-refractivity contribution in [2.75, 3.05) is 0 Å². The van der Waals surface area contributed by atoms with Crippen molar-refractivity contribution in [2.24, 2.45) is 0 Å². The monoisotopic (exact) mass is 618 g/mol. The largest absolute Gasteiger partial charge is 0.480 e. The molecule has 0 aliphatic rings. The first kappa shape index (κ1) is 36.9. The number of rotatable bonds is 10. The molecule has 0 saturated carbocycles. The van der Waals surface area contributed by atoms with E-state index in [1.54, 1.807) is 53.7 Å². The molecule has 44 heavy (non-hydrogen) atoms. The molecular weight excluding hydrogens is 580 g/mol. The van der Waals surface area contributed by atoms with Crippen LogP contribution in [0, 0.1) is 20.2 Å². The van der Waals surface area contributed by atoms with Crippen molar-refractivity contribution >= 4 is 35.3 Å². The van der Waals surface area contributed by atoms with E-state index in [0.29, 0.717) is 11.1 Å². The van der Waals surface area contributed by atoms with Crippen molar-refractivity contribution in [1.82, 2.24) is 10.6 Å². The van der Waals surface area contributed by atoms with Crippen molar-refractivity contribution in [3.05, 3.63) is 79.9 Å². The Morgan fingerprint density at radius 2 is 1.11 bits per heavy atom. The summed E-state index contributed by atoms with van der Waals surface area (Å²) in [5.41, 5.74) is -0.602. The number of ketones is 1. The van der Waals surface area contributed by atoms with E-state index in [-0.39, 0.29) is 30.0 Å². The van der Waals surface area contributed by atoms with Crippen LogP contribution < -0.4 is 10.6 Å². The van der Waals surface area contributed by atoms with Crippen molar-refractivity contribution in [3.63, 3.8) is 0 Å². The summed E-state index contributed by atoms with van der Waals surface area (Å²) >= 11 is 0.